The second-order valence-electron chi connectivity index (χ2n) is 13.4. The van der Waals surface area contributed by atoms with E-state index in [1.807, 2.05) is 0 Å². The summed E-state index contributed by atoms with van der Waals surface area (Å²) in [5.74, 6) is -6.68. The van der Waals surface area contributed by atoms with E-state index in [0.717, 1.165) is 9.80 Å². The van der Waals surface area contributed by atoms with Crippen molar-refractivity contribution in [2.24, 2.45) is 0 Å². The van der Waals surface area contributed by atoms with Crippen LogP contribution in [0.5, 0.6) is 11.5 Å². The van der Waals surface area contributed by atoms with Gasteiger partial charge in [-0.05, 0) is 53.1 Å². The van der Waals surface area contributed by atoms with Crippen LogP contribution in [0.1, 0.15) is 84.0 Å². The molecule has 0 spiro atoms. The average Bonchev–Trinajstić information content (AvgIpc) is 3.25. The molecule has 16 heteroatoms. The van der Waals surface area contributed by atoms with Gasteiger partial charge in [-0.1, -0.05) is 58.0 Å². The maximum atomic E-state index is 14.0. The average molecular weight is 743 g/mol. The zero-order valence-corrected chi connectivity index (χ0v) is 30.1. The number of hydrogen-bond donors (Lipinski definition) is 6. The first-order valence-electron chi connectivity index (χ1n) is 16.3. The SMILES string of the molecule is Cc1c(C2(c3ccc(C(C)C)c(O)c3CN(CC(=O)O)CC(=O)O)OS(=O)(=O)c3ccccc32)cc(C(C)C)c(O)c1CN(CC(=O)O)CC(=O)O. The minimum absolute atomic E-state index is 0.0147. The van der Waals surface area contributed by atoms with Crippen molar-refractivity contribution >= 4 is 34.0 Å². The van der Waals surface area contributed by atoms with Crippen LogP contribution >= 0.6 is 0 Å². The summed E-state index contributed by atoms with van der Waals surface area (Å²) >= 11 is 0. The first-order chi connectivity index (χ1) is 24.2. The highest BCUT2D eigenvalue weighted by molar-refractivity contribution is 7.87. The number of nitrogens with zero attached hydrogens (tertiary/aromatic N) is 2. The lowest BCUT2D eigenvalue weighted by Gasteiger charge is -2.36. The Labute approximate surface area is 300 Å². The minimum Gasteiger partial charge on any atom is -0.507 e. The molecule has 0 saturated carbocycles. The third-order valence-electron chi connectivity index (χ3n) is 9.00. The van der Waals surface area contributed by atoms with Crippen LogP contribution in [0.3, 0.4) is 0 Å². The van der Waals surface area contributed by atoms with Crippen LogP contribution in [-0.4, -0.2) is 98.9 Å². The van der Waals surface area contributed by atoms with Crippen LogP contribution in [0.15, 0.2) is 47.4 Å². The highest BCUT2D eigenvalue weighted by Crippen LogP contribution is 2.55. The summed E-state index contributed by atoms with van der Waals surface area (Å²) < 4.78 is 34.1. The van der Waals surface area contributed by atoms with E-state index in [9.17, 15) is 58.2 Å². The first-order valence-corrected chi connectivity index (χ1v) is 17.7. The second kappa shape index (κ2) is 15.3. The van der Waals surface area contributed by atoms with Crippen LogP contribution in [-0.2, 0) is 52.2 Å². The molecule has 1 aliphatic heterocycles. The quantitative estimate of drug-likeness (QED) is 0.115. The summed E-state index contributed by atoms with van der Waals surface area (Å²) in [6, 6.07) is 10.5. The molecule has 0 fully saturated rings. The number of aromatic hydroxyl groups is 2. The Hall–Kier alpha value is -5.03. The van der Waals surface area contributed by atoms with Crippen molar-refractivity contribution in [2.45, 2.75) is 70.0 Å². The van der Waals surface area contributed by atoms with Crippen molar-refractivity contribution in [3.63, 3.8) is 0 Å². The third kappa shape index (κ3) is 7.89. The molecule has 0 radical (unpaired) electrons. The Bertz CT molecular complexity index is 1990. The van der Waals surface area contributed by atoms with Crippen molar-refractivity contribution in [1.82, 2.24) is 9.80 Å². The summed E-state index contributed by atoms with van der Waals surface area (Å²) in [6.45, 7) is 4.86. The molecule has 15 nitrogen and oxygen atoms in total. The van der Waals surface area contributed by atoms with Crippen LogP contribution in [0.25, 0.3) is 0 Å². The third-order valence-corrected chi connectivity index (χ3v) is 10.4. The van der Waals surface area contributed by atoms with Gasteiger partial charge in [0.25, 0.3) is 10.1 Å². The van der Waals surface area contributed by atoms with Gasteiger partial charge in [0.1, 0.15) is 16.4 Å². The lowest BCUT2D eigenvalue weighted by Crippen LogP contribution is -2.37. The van der Waals surface area contributed by atoms with E-state index < -0.39 is 78.2 Å². The van der Waals surface area contributed by atoms with Gasteiger partial charge in [0.15, 0.2) is 5.60 Å². The minimum atomic E-state index is -4.57. The number of carbonyl (C=O) groups is 4. The summed E-state index contributed by atoms with van der Waals surface area (Å²) in [5, 5.41) is 61.9. The lowest BCUT2D eigenvalue weighted by molar-refractivity contribution is -0.144. The summed E-state index contributed by atoms with van der Waals surface area (Å²) in [5.41, 5.74) is -0.896. The first kappa shape index (κ1) is 39.8. The molecule has 1 aliphatic rings. The van der Waals surface area contributed by atoms with E-state index >= 15 is 0 Å². The van der Waals surface area contributed by atoms with E-state index in [0.29, 0.717) is 5.56 Å². The number of benzene rings is 3. The van der Waals surface area contributed by atoms with Gasteiger partial charge in [-0.15, -0.1) is 0 Å². The lowest BCUT2D eigenvalue weighted by atomic mass is 9.73. The Morgan fingerprint density at radius 2 is 1.13 bits per heavy atom. The van der Waals surface area contributed by atoms with Gasteiger partial charge in [-0.3, -0.25) is 29.0 Å². The smallest absolute Gasteiger partial charge is 0.317 e. The largest absolute Gasteiger partial charge is 0.507 e. The predicted molar refractivity (Wildman–Crippen MR) is 185 cm³/mol. The van der Waals surface area contributed by atoms with Gasteiger partial charge in [-0.2, -0.15) is 8.42 Å². The van der Waals surface area contributed by atoms with Crippen molar-refractivity contribution in [3.8, 4) is 11.5 Å². The number of rotatable bonds is 16. The van der Waals surface area contributed by atoms with Crippen molar-refractivity contribution in [2.75, 3.05) is 26.2 Å². The van der Waals surface area contributed by atoms with E-state index in [4.69, 9.17) is 4.18 Å². The Morgan fingerprint density at radius 3 is 1.62 bits per heavy atom. The highest BCUT2D eigenvalue weighted by atomic mass is 32.2. The van der Waals surface area contributed by atoms with Gasteiger partial charge in [0.2, 0.25) is 0 Å². The topological polar surface area (TPSA) is 240 Å². The summed E-state index contributed by atoms with van der Waals surface area (Å²) in [7, 11) is -4.57. The fourth-order valence-corrected chi connectivity index (χ4v) is 8.17. The van der Waals surface area contributed by atoms with Crippen LogP contribution in [0, 0.1) is 6.92 Å². The molecule has 1 heterocycles. The molecule has 52 heavy (non-hydrogen) atoms. The summed E-state index contributed by atoms with van der Waals surface area (Å²) in [4.78, 5) is 49.1. The molecule has 0 aliphatic carbocycles. The van der Waals surface area contributed by atoms with Crippen LogP contribution in [0.2, 0.25) is 0 Å². The maximum absolute atomic E-state index is 14.0. The highest BCUT2D eigenvalue weighted by Gasteiger charge is 2.54. The van der Waals surface area contributed by atoms with E-state index in [1.165, 1.54) is 31.2 Å². The van der Waals surface area contributed by atoms with Crippen LogP contribution in [0.4, 0.5) is 0 Å². The van der Waals surface area contributed by atoms with E-state index in [-0.39, 0.29) is 67.8 Å². The molecule has 0 amide bonds. The number of phenols is 2. The number of aliphatic carboxylic acids is 4. The number of carboxylic acid groups (broad SMARTS) is 4. The molecular weight excluding hydrogens is 700 g/mol. The molecule has 0 aromatic heterocycles. The predicted octanol–water partition coefficient (Wildman–Crippen LogP) is 3.61. The van der Waals surface area contributed by atoms with Gasteiger partial charge < -0.3 is 30.6 Å². The Morgan fingerprint density at radius 1 is 0.673 bits per heavy atom. The molecule has 1 atom stereocenters. The summed E-state index contributed by atoms with van der Waals surface area (Å²) in [6.07, 6.45) is 0. The van der Waals surface area contributed by atoms with Gasteiger partial charge in [0, 0.05) is 35.3 Å². The number of phenolic OH excluding ortho intramolecular Hbond substituents is 2. The molecule has 1 unspecified atom stereocenters. The van der Waals surface area contributed by atoms with E-state index in [1.54, 1.807) is 45.9 Å². The fraction of sp³-hybridized carbons (Fsp3) is 0.389. The molecule has 3 aromatic carbocycles. The van der Waals surface area contributed by atoms with Crippen molar-refractivity contribution < 1.29 is 62.4 Å². The standard InChI is InChI=1S/C36H42N2O13S/c1-19(2)22-10-11-26(25(34(22)47)14-38(17-32(43)44)18-33(45)46)36(27-8-6-7-9-29(27)52(49,50)51-36)28-12-23(20(3)4)35(48)24(21(28)5)13-37(15-30(39)40)16-31(41)42/h6-12,19-20,47-48H,13-18H2,1-5H3,(H,39,40)(H,41,42)(H,43,44)(H,45,46). The van der Waals surface area contributed by atoms with Crippen molar-refractivity contribution in [3.05, 3.63) is 87.0 Å². The van der Waals surface area contributed by atoms with Gasteiger partial charge in [-0.25, -0.2) is 4.18 Å². The monoisotopic (exact) mass is 742 g/mol. The number of fused-ring (bicyclic) bond motifs is 1. The molecule has 280 valence electrons. The van der Waals surface area contributed by atoms with E-state index in [2.05, 4.69) is 0 Å². The normalized spacial score (nSPS) is 16.5. The fourth-order valence-electron chi connectivity index (χ4n) is 6.76. The number of carboxylic acids is 4. The molecule has 0 saturated heterocycles. The number of hydrogen-bond acceptors (Lipinski definition) is 11. The van der Waals surface area contributed by atoms with Crippen molar-refractivity contribution in [1.29, 1.82) is 0 Å². The molecule has 3 aromatic rings. The molecule has 6 N–H and O–H groups in total. The van der Waals surface area contributed by atoms with Gasteiger partial charge >= 0.3 is 23.9 Å². The molecule has 0 bridgehead atoms. The Balaban J connectivity index is 2.20. The Kier molecular flexibility index (Phi) is 11.7. The second-order valence-corrected chi connectivity index (χ2v) is 14.9. The zero-order valence-electron chi connectivity index (χ0n) is 29.3. The van der Waals surface area contributed by atoms with Crippen LogP contribution < -0.4 is 0 Å². The maximum Gasteiger partial charge on any atom is 0.317 e. The molecule has 4 rings (SSSR count). The zero-order chi connectivity index (χ0) is 38.9. The van der Waals surface area contributed by atoms with Gasteiger partial charge in [0.05, 0.1) is 26.2 Å². The molecular formula is C36H42N2O13S.